The van der Waals surface area contributed by atoms with Crippen LogP contribution in [-0.4, -0.2) is 22.7 Å². The van der Waals surface area contributed by atoms with E-state index in [0.29, 0.717) is 16.8 Å². The number of aromatic nitrogens is 1. The van der Waals surface area contributed by atoms with Gasteiger partial charge < -0.3 is 9.73 Å². The largest absolute Gasteiger partial charge is 0.459 e. The van der Waals surface area contributed by atoms with Gasteiger partial charge in [0.25, 0.3) is 17.7 Å². The van der Waals surface area contributed by atoms with Gasteiger partial charge in [-0.05, 0) is 43.7 Å². The Hall–Kier alpha value is -3.74. The highest BCUT2D eigenvalue weighted by Crippen LogP contribution is 2.29. The van der Waals surface area contributed by atoms with E-state index in [-0.39, 0.29) is 11.6 Å². The van der Waals surface area contributed by atoms with Gasteiger partial charge in [0.2, 0.25) is 0 Å². The number of nitrogens with zero attached hydrogens (tertiary/aromatic N) is 2. The minimum atomic E-state index is -0.408. The number of imide groups is 1. The van der Waals surface area contributed by atoms with Crippen LogP contribution in [0, 0.1) is 13.8 Å². The molecule has 4 rings (SSSR count). The third-order valence-corrected chi connectivity index (χ3v) is 4.43. The summed E-state index contributed by atoms with van der Waals surface area (Å²) in [7, 11) is 0. The maximum atomic E-state index is 12.7. The van der Waals surface area contributed by atoms with E-state index in [1.165, 1.54) is 18.5 Å². The summed E-state index contributed by atoms with van der Waals surface area (Å²) in [6, 6.07) is 9.95. The first-order valence-electron chi connectivity index (χ1n) is 8.27. The minimum Gasteiger partial charge on any atom is -0.459 e. The lowest BCUT2D eigenvalue weighted by molar-refractivity contribution is 0.0923. The van der Waals surface area contributed by atoms with Gasteiger partial charge in [-0.2, -0.15) is 0 Å². The van der Waals surface area contributed by atoms with Gasteiger partial charge in [0.1, 0.15) is 5.82 Å². The molecule has 1 N–H and O–H groups in total. The van der Waals surface area contributed by atoms with E-state index in [4.69, 9.17) is 4.42 Å². The van der Waals surface area contributed by atoms with Crippen molar-refractivity contribution in [3.05, 3.63) is 76.9 Å². The number of nitrogens with one attached hydrogen (secondary N) is 1. The van der Waals surface area contributed by atoms with Gasteiger partial charge in [-0.15, -0.1) is 0 Å². The van der Waals surface area contributed by atoms with Crippen molar-refractivity contribution in [2.45, 2.75) is 13.8 Å². The Balaban J connectivity index is 1.58. The van der Waals surface area contributed by atoms with Gasteiger partial charge in [0.15, 0.2) is 5.76 Å². The molecule has 0 aliphatic carbocycles. The standard InChI is InChI=1S/C20H15N3O4/c1-11-4-3-5-14-16(11)20(26)23(19(14)25)15-7-6-13(10-21-15)22-18(24)17-12(2)8-9-27-17/h3-10H,1-2H3,(H,22,24). The second kappa shape index (κ2) is 6.21. The maximum Gasteiger partial charge on any atom is 0.291 e. The number of hydrogen-bond donors (Lipinski definition) is 1. The van der Waals surface area contributed by atoms with E-state index in [1.54, 1.807) is 44.2 Å². The van der Waals surface area contributed by atoms with Gasteiger partial charge in [-0.25, -0.2) is 9.88 Å². The highest BCUT2D eigenvalue weighted by molar-refractivity contribution is 6.34. The van der Waals surface area contributed by atoms with Crippen molar-refractivity contribution < 1.29 is 18.8 Å². The molecule has 1 aromatic carbocycles. The molecule has 7 heteroatoms. The van der Waals surface area contributed by atoms with Gasteiger partial charge in [0, 0.05) is 5.56 Å². The Labute approximate surface area is 154 Å². The number of benzene rings is 1. The van der Waals surface area contributed by atoms with Crippen LogP contribution in [0.3, 0.4) is 0 Å². The summed E-state index contributed by atoms with van der Waals surface area (Å²) >= 11 is 0. The summed E-state index contributed by atoms with van der Waals surface area (Å²) in [5, 5.41) is 2.67. The van der Waals surface area contributed by atoms with Crippen LogP contribution in [0.5, 0.6) is 0 Å². The van der Waals surface area contributed by atoms with Crippen molar-refractivity contribution in [3.8, 4) is 0 Å². The lowest BCUT2D eigenvalue weighted by atomic mass is 10.0. The van der Waals surface area contributed by atoms with E-state index in [9.17, 15) is 14.4 Å². The molecular formula is C20H15N3O4. The van der Waals surface area contributed by atoms with Gasteiger partial charge >= 0.3 is 0 Å². The van der Waals surface area contributed by atoms with Gasteiger partial charge in [0.05, 0.1) is 29.3 Å². The molecule has 1 aliphatic rings. The van der Waals surface area contributed by atoms with Crippen LogP contribution < -0.4 is 10.2 Å². The number of hydrogen-bond acceptors (Lipinski definition) is 5. The van der Waals surface area contributed by atoms with Crippen molar-refractivity contribution in [2.24, 2.45) is 0 Å². The minimum absolute atomic E-state index is 0.202. The SMILES string of the molecule is Cc1ccoc1C(=O)Nc1ccc(N2C(=O)c3cccc(C)c3C2=O)nc1. The molecule has 0 saturated heterocycles. The summed E-state index contributed by atoms with van der Waals surface area (Å²) in [6.45, 7) is 3.56. The summed E-state index contributed by atoms with van der Waals surface area (Å²) in [4.78, 5) is 42.7. The molecule has 0 saturated carbocycles. The number of aryl methyl sites for hydroxylation is 2. The first-order valence-corrected chi connectivity index (χ1v) is 8.27. The molecule has 134 valence electrons. The zero-order valence-corrected chi connectivity index (χ0v) is 14.6. The molecule has 2 aromatic heterocycles. The van der Waals surface area contributed by atoms with Crippen molar-refractivity contribution in [3.63, 3.8) is 0 Å². The van der Waals surface area contributed by atoms with E-state index in [2.05, 4.69) is 10.3 Å². The Morgan fingerprint density at radius 1 is 1.04 bits per heavy atom. The normalized spacial score (nSPS) is 13.0. The molecule has 27 heavy (non-hydrogen) atoms. The second-order valence-corrected chi connectivity index (χ2v) is 6.24. The third-order valence-electron chi connectivity index (χ3n) is 4.43. The van der Waals surface area contributed by atoms with Crippen molar-refractivity contribution in [2.75, 3.05) is 10.2 Å². The molecule has 3 aromatic rings. The summed E-state index contributed by atoms with van der Waals surface area (Å²) in [5.41, 5.74) is 2.65. The molecule has 0 unspecified atom stereocenters. The fourth-order valence-electron chi connectivity index (χ4n) is 3.05. The Morgan fingerprint density at radius 2 is 1.85 bits per heavy atom. The lowest BCUT2D eigenvalue weighted by Crippen LogP contribution is -2.30. The van der Waals surface area contributed by atoms with Crippen LogP contribution in [0.15, 0.2) is 53.3 Å². The van der Waals surface area contributed by atoms with E-state index in [1.807, 2.05) is 0 Å². The highest BCUT2D eigenvalue weighted by Gasteiger charge is 2.38. The number of anilines is 2. The van der Waals surface area contributed by atoms with E-state index < -0.39 is 17.7 Å². The Morgan fingerprint density at radius 3 is 2.48 bits per heavy atom. The fourth-order valence-corrected chi connectivity index (χ4v) is 3.05. The first-order chi connectivity index (χ1) is 13.0. The molecule has 0 radical (unpaired) electrons. The molecule has 0 fully saturated rings. The molecule has 0 spiro atoms. The average molecular weight is 361 g/mol. The molecule has 3 heterocycles. The molecule has 1 aliphatic heterocycles. The van der Waals surface area contributed by atoms with E-state index >= 15 is 0 Å². The number of fused-ring (bicyclic) bond motifs is 1. The Bertz CT molecular complexity index is 1080. The first kappa shape index (κ1) is 16.7. The molecule has 0 bridgehead atoms. The third kappa shape index (κ3) is 2.69. The number of carbonyl (C=O) groups is 3. The smallest absolute Gasteiger partial charge is 0.291 e. The van der Waals surface area contributed by atoms with Gasteiger partial charge in [-0.3, -0.25) is 14.4 Å². The monoisotopic (exact) mass is 361 g/mol. The number of rotatable bonds is 3. The van der Waals surface area contributed by atoms with Crippen LogP contribution in [0.4, 0.5) is 11.5 Å². The Kier molecular flexibility index (Phi) is 3.84. The van der Waals surface area contributed by atoms with Crippen molar-refractivity contribution >= 4 is 29.2 Å². The van der Waals surface area contributed by atoms with Crippen LogP contribution in [0.2, 0.25) is 0 Å². The topological polar surface area (TPSA) is 92.5 Å². The van der Waals surface area contributed by atoms with Crippen molar-refractivity contribution in [1.29, 1.82) is 0 Å². The van der Waals surface area contributed by atoms with Crippen LogP contribution >= 0.6 is 0 Å². The number of pyridine rings is 1. The molecule has 3 amide bonds. The fraction of sp³-hybridized carbons (Fsp3) is 0.100. The molecule has 0 atom stereocenters. The van der Waals surface area contributed by atoms with Crippen LogP contribution in [0.25, 0.3) is 0 Å². The predicted octanol–water partition coefficient (Wildman–Crippen LogP) is 3.34. The summed E-state index contributed by atoms with van der Waals surface area (Å²) < 4.78 is 5.15. The highest BCUT2D eigenvalue weighted by atomic mass is 16.3. The van der Waals surface area contributed by atoms with Crippen LogP contribution in [-0.2, 0) is 0 Å². The maximum absolute atomic E-state index is 12.7. The average Bonchev–Trinajstić information content (AvgIpc) is 3.18. The zero-order valence-electron chi connectivity index (χ0n) is 14.6. The van der Waals surface area contributed by atoms with E-state index in [0.717, 1.165) is 16.0 Å². The van der Waals surface area contributed by atoms with Crippen molar-refractivity contribution in [1.82, 2.24) is 4.98 Å². The van der Waals surface area contributed by atoms with Gasteiger partial charge in [-0.1, -0.05) is 12.1 Å². The molecule has 7 nitrogen and oxygen atoms in total. The quantitative estimate of drug-likeness (QED) is 0.722. The number of carbonyl (C=O) groups excluding carboxylic acids is 3. The van der Waals surface area contributed by atoms with Crippen LogP contribution in [0.1, 0.15) is 42.4 Å². The number of amides is 3. The predicted molar refractivity (Wildman–Crippen MR) is 98.0 cm³/mol. The lowest BCUT2D eigenvalue weighted by Gasteiger charge is -2.13. The molecular weight excluding hydrogens is 346 g/mol. The zero-order chi connectivity index (χ0) is 19.1. The summed E-state index contributed by atoms with van der Waals surface area (Å²) in [6.07, 6.45) is 2.83. The second-order valence-electron chi connectivity index (χ2n) is 6.24. The summed E-state index contributed by atoms with van der Waals surface area (Å²) in [5.74, 6) is -0.788. The number of furan rings is 1.